The number of aryl methyl sites for hydroxylation is 1. The van der Waals surface area contributed by atoms with Crippen LogP contribution in [0.25, 0.3) is 0 Å². The maximum atomic E-state index is 13.4. The summed E-state index contributed by atoms with van der Waals surface area (Å²) < 4.78 is 0. The molecule has 2 atom stereocenters. The second kappa shape index (κ2) is 12.6. The average Bonchev–Trinajstić information content (AvgIpc) is 2.80. The van der Waals surface area contributed by atoms with E-state index in [1.165, 1.54) is 11.1 Å². The van der Waals surface area contributed by atoms with E-state index in [1.807, 2.05) is 32.0 Å². The van der Waals surface area contributed by atoms with E-state index in [1.54, 1.807) is 4.90 Å². The van der Waals surface area contributed by atoms with Gasteiger partial charge in [-0.2, -0.15) is 0 Å². The highest BCUT2D eigenvalue weighted by atomic mass is 16.2. The highest BCUT2D eigenvalue weighted by Crippen LogP contribution is 2.22. The summed E-state index contributed by atoms with van der Waals surface area (Å²) in [4.78, 5) is 28.2. The highest BCUT2D eigenvalue weighted by Gasteiger charge is 2.28. The first kappa shape index (κ1) is 26.6. The van der Waals surface area contributed by atoms with Crippen LogP contribution in [0.4, 0.5) is 0 Å². The molecule has 0 aromatic heterocycles. The molecule has 33 heavy (non-hydrogen) atoms. The monoisotopic (exact) mass is 450 g/mol. The molecule has 0 aliphatic heterocycles. The van der Waals surface area contributed by atoms with E-state index >= 15 is 0 Å². The summed E-state index contributed by atoms with van der Waals surface area (Å²) in [6.45, 7) is 13.2. The third-order valence-electron chi connectivity index (χ3n) is 6.32. The molecule has 0 fully saturated rings. The second-order valence-corrected chi connectivity index (χ2v) is 10.0. The van der Waals surface area contributed by atoms with Gasteiger partial charge in [0.1, 0.15) is 6.04 Å². The van der Waals surface area contributed by atoms with Gasteiger partial charge in [0.05, 0.1) is 0 Å². The van der Waals surface area contributed by atoms with Crippen molar-refractivity contribution in [3.8, 4) is 0 Å². The molecule has 0 heterocycles. The molecule has 0 radical (unpaired) electrons. The van der Waals surface area contributed by atoms with E-state index in [4.69, 9.17) is 0 Å². The first-order valence-corrected chi connectivity index (χ1v) is 12.4. The van der Waals surface area contributed by atoms with Crippen LogP contribution in [-0.4, -0.2) is 35.3 Å². The van der Waals surface area contributed by atoms with Gasteiger partial charge in [-0.1, -0.05) is 89.2 Å². The number of nitrogens with zero attached hydrogens (tertiary/aromatic N) is 1. The lowest BCUT2D eigenvalue weighted by molar-refractivity contribution is -0.141. The van der Waals surface area contributed by atoms with Gasteiger partial charge < -0.3 is 10.2 Å². The first-order valence-electron chi connectivity index (χ1n) is 12.4. The summed E-state index contributed by atoms with van der Waals surface area (Å²) in [5.41, 5.74) is 3.72. The SMILES string of the molecule is CC[C@H](C(=O)N[C@@H](C)CC)N(CCc1ccccc1)C(=O)CCc1ccc(C(C)(C)C)cc1. The normalized spacial score (nSPS) is 13.3. The molecule has 0 aliphatic carbocycles. The van der Waals surface area contributed by atoms with Crippen LogP contribution >= 0.6 is 0 Å². The third-order valence-corrected chi connectivity index (χ3v) is 6.32. The molecular formula is C29H42N2O2. The molecule has 0 unspecified atom stereocenters. The number of hydrogen-bond acceptors (Lipinski definition) is 2. The van der Waals surface area contributed by atoms with Crippen molar-refractivity contribution < 1.29 is 9.59 Å². The molecule has 2 amide bonds. The van der Waals surface area contributed by atoms with Crippen molar-refractivity contribution in [2.24, 2.45) is 0 Å². The maximum absolute atomic E-state index is 13.4. The molecule has 180 valence electrons. The Morgan fingerprint density at radius 1 is 0.879 bits per heavy atom. The molecule has 2 aromatic carbocycles. The number of carbonyl (C=O) groups is 2. The lowest BCUT2D eigenvalue weighted by atomic mass is 9.86. The Labute approximate surface area is 200 Å². The second-order valence-electron chi connectivity index (χ2n) is 10.0. The highest BCUT2D eigenvalue weighted by molar-refractivity contribution is 5.88. The summed E-state index contributed by atoms with van der Waals surface area (Å²) in [6.07, 6.45) is 3.28. The topological polar surface area (TPSA) is 49.4 Å². The van der Waals surface area contributed by atoms with Crippen molar-refractivity contribution in [3.63, 3.8) is 0 Å². The molecule has 0 saturated carbocycles. The molecule has 0 spiro atoms. The van der Waals surface area contributed by atoms with Crippen molar-refractivity contribution in [3.05, 3.63) is 71.3 Å². The molecule has 2 aromatic rings. The summed E-state index contributed by atoms with van der Waals surface area (Å²) in [5, 5.41) is 3.08. The average molecular weight is 451 g/mol. The van der Waals surface area contributed by atoms with E-state index in [-0.39, 0.29) is 23.3 Å². The quantitative estimate of drug-likeness (QED) is 0.479. The lowest BCUT2D eigenvalue weighted by Crippen LogP contribution is -2.51. The van der Waals surface area contributed by atoms with Crippen molar-refractivity contribution in [1.29, 1.82) is 0 Å². The van der Waals surface area contributed by atoms with E-state index < -0.39 is 6.04 Å². The van der Waals surface area contributed by atoms with E-state index in [0.717, 1.165) is 18.4 Å². The van der Waals surface area contributed by atoms with Gasteiger partial charge in [0.25, 0.3) is 0 Å². The summed E-state index contributed by atoms with van der Waals surface area (Å²) in [6, 6.07) is 18.3. The molecule has 4 nitrogen and oxygen atoms in total. The lowest BCUT2D eigenvalue weighted by Gasteiger charge is -2.31. The van der Waals surface area contributed by atoms with Crippen molar-refractivity contribution in [2.75, 3.05) is 6.54 Å². The molecule has 2 rings (SSSR count). The maximum Gasteiger partial charge on any atom is 0.243 e. The Kier molecular flexibility index (Phi) is 10.1. The standard InChI is InChI=1S/C29H42N2O2/c1-7-22(3)30-28(33)26(8-2)31(21-20-23-12-10-9-11-13-23)27(32)19-16-24-14-17-25(18-15-24)29(4,5)6/h9-15,17-18,22,26H,7-8,16,19-21H2,1-6H3,(H,30,33)/t22-,26+/m0/s1. The Bertz CT molecular complexity index is 869. The minimum Gasteiger partial charge on any atom is -0.352 e. The molecule has 0 saturated heterocycles. The van der Waals surface area contributed by atoms with Crippen LogP contribution in [0.1, 0.15) is 77.5 Å². The van der Waals surface area contributed by atoms with Crippen LogP contribution in [0, 0.1) is 0 Å². The van der Waals surface area contributed by atoms with Crippen LogP contribution in [0.3, 0.4) is 0 Å². The predicted octanol–water partition coefficient (Wildman–Crippen LogP) is 5.68. The zero-order valence-corrected chi connectivity index (χ0v) is 21.4. The number of amides is 2. The van der Waals surface area contributed by atoms with Gasteiger partial charge in [0.15, 0.2) is 0 Å². The fourth-order valence-corrected chi connectivity index (χ4v) is 3.90. The fourth-order valence-electron chi connectivity index (χ4n) is 3.90. The Morgan fingerprint density at radius 3 is 2.03 bits per heavy atom. The van der Waals surface area contributed by atoms with Crippen LogP contribution in [0.5, 0.6) is 0 Å². The van der Waals surface area contributed by atoms with E-state index in [2.05, 4.69) is 69.4 Å². The Balaban J connectivity index is 2.12. The molecule has 1 N–H and O–H groups in total. The Morgan fingerprint density at radius 2 is 1.48 bits per heavy atom. The van der Waals surface area contributed by atoms with Gasteiger partial charge in [0, 0.05) is 19.0 Å². The molecule has 0 aliphatic rings. The van der Waals surface area contributed by atoms with Gasteiger partial charge in [-0.25, -0.2) is 0 Å². The Hall–Kier alpha value is -2.62. The number of hydrogen-bond donors (Lipinski definition) is 1. The zero-order chi connectivity index (χ0) is 24.4. The minimum atomic E-state index is -0.446. The van der Waals surface area contributed by atoms with Crippen LogP contribution in [0.2, 0.25) is 0 Å². The van der Waals surface area contributed by atoms with Gasteiger partial charge in [-0.15, -0.1) is 0 Å². The number of rotatable bonds is 11. The number of nitrogens with one attached hydrogen (secondary N) is 1. The van der Waals surface area contributed by atoms with Crippen LogP contribution in [0.15, 0.2) is 54.6 Å². The smallest absolute Gasteiger partial charge is 0.243 e. The molecular weight excluding hydrogens is 408 g/mol. The van der Waals surface area contributed by atoms with Gasteiger partial charge in [-0.05, 0) is 54.7 Å². The minimum absolute atomic E-state index is 0.0389. The van der Waals surface area contributed by atoms with Crippen LogP contribution < -0.4 is 5.32 Å². The summed E-state index contributed by atoms with van der Waals surface area (Å²) in [7, 11) is 0. The van der Waals surface area contributed by atoms with Gasteiger partial charge in [0.2, 0.25) is 11.8 Å². The summed E-state index contributed by atoms with van der Waals surface area (Å²) >= 11 is 0. The van der Waals surface area contributed by atoms with Crippen molar-refractivity contribution in [1.82, 2.24) is 10.2 Å². The number of carbonyl (C=O) groups excluding carboxylic acids is 2. The molecule has 0 bridgehead atoms. The molecule has 4 heteroatoms. The zero-order valence-electron chi connectivity index (χ0n) is 21.4. The summed E-state index contributed by atoms with van der Waals surface area (Å²) in [5.74, 6) is -0.0141. The van der Waals surface area contributed by atoms with E-state index in [0.29, 0.717) is 25.8 Å². The van der Waals surface area contributed by atoms with Gasteiger partial charge >= 0.3 is 0 Å². The largest absolute Gasteiger partial charge is 0.352 e. The van der Waals surface area contributed by atoms with Crippen LogP contribution in [-0.2, 0) is 27.8 Å². The predicted molar refractivity (Wildman–Crippen MR) is 137 cm³/mol. The van der Waals surface area contributed by atoms with Crippen molar-refractivity contribution >= 4 is 11.8 Å². The fraction of sp³-hybridized carbons (Fsp3) is 0.517. The van der Waals surface area contributed by atoms with Crippen molar-refractivity contribution in [2.45, 2.75) is 91.1 Å². The van der Waals surface area contributed by atoms with Gasteiger partial charge in [-0.3, -0.25) is 9.59 Å². The first-order chi connectivity index (χ1) is 15.7. The third kappa shape index (κ3) is 8.34. The van der Waals surface area contributed by atoms with E-state index in [9.17, 15) is 9.59 Å². The number of benzene rings is 2.